The topological polar surface area (TPSA) is 80.4 Å². The van der Waals surface area contributed by atoms with Gasteiger partial charge < -0.3 is 19.4 Å². The Kier molecular flexibility index (Phi) is 6.12. The van der Waals surface area contributed by atoms with E-state index < -0.39 is 26.2 Å². The fourth-order valence-corrected chi connectivity index (χ4v) is 4.32. The molecule has 1 amide bonds. The van der Waals surface area contributed by atoms with Crippen molar-refractivity contribution in [2.45, 2.75) is 52.2 Å². The third-order valence-corrected chi connectivity index (χ3v) is 5.84. The smallest absolute Gasteiger partial charge is 0.400 e. The van der Waals surface area contributed by atoms with Crippen LogP contribution in [0.4, 0.5) is 9.59 Å². The van der Waals surface area contributed by atoms with Crippen LogP contribution in [0.15, 0.2) is 24.4 Å². The number of hydrogen-bond acceptors (Lipinski definition) is 4. The molecular formula is C19H27N2O4Si. The first-order valence-corrected chi connectivity index (χ1v) is 10.4. The highest BCUT2D eigenvalue weighted by Gasteiger charge is 2.29. The van der Waals surface area contributed by atoms with Gasteiger partial charge in [-0.05, 0) is 43.9 Å². The minimum absolute atomic E-state index is 0.385. The number of rotatable bonds is 5. The van der Waals surface area contributed by atoms with Crippen LogP contribution in [0.3, 0.4) is 0 Å². The minimum atomic E-state index is -2.00. The number of aromatic nitrogens is 1. The fourth-order valence-electron chi connectivity index (χ4n) is 2.77. The third kappa shape index (κ3) is 4.88. The second kappa shape index (κ2) is 7.95. The zero-order chi connectivity index (χ0) is 19.5. The molecule has 2 rings (SSSR count). The van der Waals surface area contributed by atoms with Gasteiger partial charge in [0, 0.05) is 17.1 Å². The van der Waals surface area contributed by atoms with Crippen molar-refractivity contribution < 1.29 is 19.1 Å². The molecule has 0 bridgehead atoms. The lowest BCUT2D eigenvalue weighted by atomic mass is 10.00. The average Bonchev–Trinajstić information content (AvgIpc) is 2.94. The lowest BCUT2D eigenvalue weighted by molar-refractivity contribution is 0.0565. The molecule has 1 aromatic heterocycles. The van der Waals surface area contributed by atoms with Gasteiger partial charge in [-0.25, -0.2) is 4.79 Å². The number of hydrogen-bond donors (Lipinski definition) is 2. The molecule has 0 fully saturated rings. The van der Waals surface area contributed by atoms with E-state index >= 15 is 0 Å². The van der Waals surface area contributed by atoms with Gasteiger partial charge in [-0.15, -0.1) is 0 Å². The number of amides is 1. The van der Waals surface area contributed by atoms with Gasteiger partial charge in [-0.1, -0.05) is 32.0 Å². The molecule has 0 atom stereocenters. The number of H-pyrrole nitrogens is 1. The van der Waals surface area contributed by atoms with Crippen molar-refractivity contribution in [1.82, 2.24) is 9.97 Å². The Morgan fingerprint density at radius 2 is 1.96 bits per heavy atom. The maximum Gasteiger partial charge on any atom is 0.400 e. The van der Waals surface area contributed by atoms with E-state index in [1.165, 1.54) is 12.7 Å². The van der Waals surface area contributed by atoms with E-state index in [-0.39, 0.29) is 0 Å². The van der Waals surface area contributed by atoms with Gasteiger partial charge in [0.2, 0.25) is 0 Å². The van der Waals surface area contributed by atoms with Crippen molar-refractivity contribution in [2.75, 3.05) is 7.11 Å². The summed E-state index contributed by atoms with van der Waals surface area (Å²) in [4.78, 5) is 30.3. The number of aromatic amines is 1. The maximum atomic E-state index is 12.2. The second-order valence-corrected chi connectivity index (χ2v) is 9.48. The van der Waals surface area contributed by atoms with E-state index in [1.807, 2.05) is 18.3 Å². The highest BCUT2D eigenvalue weighted by atomic mass is 28.3. The highest BCUT2D eigenvalue weighted by Crippen LogP contribution is 2.27. The number of carbonyl (C=O) groups is 2. The lowest BCUT2D eigenvalue weighted by Crippen LogP contribution is -2.49. The molecule has 0 spiro atoms. The predicted molar refractivity (Wildman–Crippen MR) is 104 cm³/mol. The zero-order valence-corrected chi connectivity index (χ0v) is 17.2. The van der Waals surface area contributed by atoms with Crippen LogP contribution in [0, 0.1) is 0 Å². The Morgan fingerprint density at radius 3 is 2.54 bits per heavy atom. The van der Waals surface area contributed by atoms with Gasteiger partial charge >= 0.3 is 15.1 Å². The van der Waals surface area contributed by atoms with E-state index in [4.69, 9.17) is 9.47 Å². The zero-order valence-electron chi connectivity index (χ0n) is 16.2. The standard InChI is InChI=1S/C19H27N2O4Si/c1-12(2)14-8-7-9-15-13(10-20-16(14)15)11-26(18(23)24-6)21-17(22)25-19(3,4)5/h7-10,12,20H,11H2,1-6H3,(H,21,22). The van der Waals surface area contributed by atoms with Crippen molar-refractivity contribution >= 4 is 31.5 Å². The van der Waals surface area contributed by atoms with E-state index in [0.717, 1.165) is 16.5 Å². The van der Waals surface area contributed by atoms with E-state index in [1.54, 1.807) is 20.8 Å². The van der Waals surface area contributed by atoms with Crippen LogP contribution in [0.1, 0.15) is 51.7 Å². The first-order valence-electron chi connectivity index (χ1n) is 8.65. The summed E-state index contributed by atoms with van der Waals surface area (Å²) in [5.41, 5.74) is 2.25. The first kappa shape index (κ1) is 20.0. The summed E-state index contributed by atoms with van der Waals surface area (Å²) in [6.45, 7) is 9.63. The van der Waals surface area contributed by atoms with Crippen LogP contribution in [-0.2, 0) is 15.5 Å². The molecule has 6 nitrogen and oxygen atoms in total. The third-order valence-electron chi connectivity index (χ3n) is 3.91. The van der Waals surface area contributed by atoms with E-state index in [9.17, 15) is 9.59 Å². The molecular weight excluding hydrogens is 348 g/mol. The second-order valence-electron chi connectivity index (χ2n) is 7.51. The number of benzene rings is 1. The van der Waals surface area contributed by atoms with Gasteiger partial charge in [-0.2, -0.15) is 0 Å². The van der Waals surface area contributed by atoms with Gasteiger partial charge in [-0.3, -0.25) is 4.79 Å². The first-order chi connectivity index (χ1) is 12.1. The monoisotopic (exact) mass is 375 g/mol. The van der Waals surface area contributed by atoms with Gasteiger partial charge in [0.15, 0.2) is 0 Å². The van der Waals surface area contributed by atoms with Crippen molar-refractivity contribution in [3.05, 3.63) is 35.5 Å². The Labute approximate surface area is 155 Å². The number of methoxy groups -OCH3 is 1. The molecule has 0 aliphatic rings. The number of para-hydroxylation sites is 1. The molecule has 141 valence electrons. The molecule has 0 aliphatic heterocycles. The van der Waals surface area contributed by atoms with Crippen LogP contribution in [-0.4, -0.2) is 38.3 Å². The Bertz CT molecular complexity index is 792. The molecule has 1 heterocycles. The summed E-state index contributed by atoms with van der Waals surface area (Å²) in [6, 6.07) is 6.55. The van der Waals surface area contributed by atoms with Crippen LogP contribution < -0.4 is 4.98 Å². The number of fused-ring (bicyclic) bond motifs is 1. The summed E-state index contributed by atoms with van der Waals surface area (Å²) >= 11 is 0. The lowest BCUT2D eigenvalue weighted by Gasteiger charge is -2.21. The Hall–Kier alpha value is -2.28. The fraction of sp³-hybridized carbons (Fsp3) is 0.474. The quantitative estimate of drug-likeness (QED) is 0.766. The Morgan fingerprint density at radius 1 is 1.27 bits per heavy atom. The molecule has 1 radical (unpaired) electrons. The van der Waals surface area contributed by atoms with Crippen molar-refractivity contribution in [2.24, 2.45) is 0 Å². The van der Waals surface area contributed by atoms with Crippen LogP contribution in [0.5, 0.6) is 0 Å². The minimum Gasteiger partial charge on any atom is -0.472 e. The number of nitrogens with one attached hydrogen (secondary N) is 2. The largest absolute Gasteiger partial charge is 0.472 e. The molecule has 0 aliphatic carbocycles. The summed E-state index contributed by atoms with van der Waals surface area (Å²) in [6.07, 6.45) is 1.31. The molecule has 26 heavy (non-hydrogen) atoms. The summed E-state index contributed by atoms with van der Waals surface area (Å²) in [5, 5.41) is 1.06. The van der Waals surface area contributed by atoms with Gasteiger partial charge in [0.1, 0.15) is 5.60 Å². The molecule has 7 heteroatoms. The maximum absolute atomic E-state index is 12.2. The summed E-state index contributed by atoms with van der Waals surface area (Å²) < 4.78 is 10.2. The normalized spacial score (nSPS) is 11.8. The molecule has 2 aromatic rings. The van der Waals surface area contributed by atoms with E-state index in [0.29, 0.717) is 12.0 Å². The van der Waals surface area contributed by atoms with E-state index in [2.05, 4.69) is 29.9 Å². The van der Waals surface area contributed by atoms with Gasteiger partial charge in [0.25, 0.3) is 5.59 Å². The van der Waals surface area contributed by atoms with Crippen molar-refractivity contribution in [1.29, 1.82) is 0 Å². The Balaban J connectivity index is 2.26. The molecule has 0 saturated heterocycles. The van der Waals surface area contributed by atoms with Crippen molar-refractivity contribution in [3.8, 4) is 0 Å². The summed E-state index contributed by atoms with van der Waals surface area (Å²) in [5.74, 6) is 0.385. The summed E-state index contributed by atoms with van der Waals surface area (Å²) in [7, 11) is -0.666. The molecule has 0 saturated carbocycles. The highest BCUT2D eigenvalue weighted by molar-refractivity contribution is 6.87. The number of ether oxygens (including phenoxy) is 2. The van der Waals surface area contributed by atoms with Crippen molar-refractivity contribution in [3.63, 3.8) is 0 Å². The molecule has 2 N–H and O–H groups in total. The van der Waals surface area contributed by atoms with Gasteiger partial charge in [0.05, 0.1) is 7.11 Å². The molecule has 1 aromatic carbocycles. The van der Waals surface area contributed by atoms with Crippen LogP contribution in [0.2, 0.25) is 0 Å². The SMILES string of the molecule is COC(=O)[Si](Cc1c[nH]c2c(C(C)C)cccc12)NC(=O)OC(C)(C)C. The van der Waals surface area contributed by atoms with Crippen LogP contribution in [0.25, 0.3) is 10.9 Å². The predicted octanol–water partition coefficient (Wildman–Crippen LogP) is 4.24. The average molecular weight is 376 g/mol. The number of carbonyl (C=O) groups excluding carboxylic acids is 2. The van der Waals surface area contributed by atoms with Crippen LogP contribution >= 0.6 is 0 Å². The molecule has 0 unspecified atom stereocenters.